The van der Waals surface area contributed by atoms with Crippen LogP contribution in [0, 0.1) is 6.92 Å². The average molecular weight is 348 g/mol. The summed E-state index contributed by atoms with van der Waals surface area (Å²) in [5.74, 6) is 0. The summed E-state index contributed by atoms with van der Waals surface area (Å²) in [6.45, 7) is 6.92. The van der Waals surface area contributed by atoms with Crippen LogP contribution in [-0.2, 0) is 0 Å². The van der Waals surface area contributed by atoms with E-state index < -0.39 is 0 Å². The van der Waals surface area contributed by atoms with E-state index in [0.29, 0.717) is 0 Å². The van der Waals surface area contributed by atoms with Crippen LogP contribution in [0.15, 0.2) is 48.8 Å². The number of aryl methyl sites for hydroxylation is 1. The highest BCUT2D eigenvalue weighted by Crippen LogP contribution is 2.22. The molecule has 0 amide bonds. The number of anilines is 1. The molecular formula is C22H28N4. The van der Waals surface area contributed by atoms with Crippen LogP contribution >= 0.6 is 0 Å². The number of piperidine rings is 1. The molecule has 3 heterocycles. The molecule has 0 spiro atoms. The van der Waals surface area contributed by atoms with Gasteiger partial charge in [-0.2, -0.15) is 0 Å². The van der Waals surface area contributed by atoms with Crippen molar-refractivity contribution in [3.8, 4) is 11.3 Å². The number of benzene rings is 1. The SMILES string of the molecule is Cc1cccn2cc(-c3ccc(NCCCN4CCCCC4)cc3)nc12. The number of rotatable bonds is 6. The summed E-state index contributed by atoms with van der Waals surface area (Å²) < 4.78 is 2.09. The number of likely N-dealkylation sites (tertiary alicyclic amines) is 1. The second-order valence-electron chi connectivity index (χ2n) is 7.31. The first-order chi connectivity index (χ1) is 12.8. The molecule has 4 rings (SSSR count). The van der Waals surface area contributed by atoms with Crippen molar-refractivity contribution in [3.05, 3.63) is 54.4 Å². The average Bonchev–Trinajstić information content (AvgIpc) is 3.12. The molecule has 26 heavy (non-hydrogen) atoms. The van der Waals surface area contributed by atoms with Gasteiger partial charge in [-0.1, -0.05) is 24.6 Å². The Kier molecular flexibility index (Phi) is 5.21. The number of nitrogens with one attached hydrogen (secondary N) is 1. The van der Waals surface area contributed by atoms with Crippen LogP contribution in [0.5, 0.6) is 0 Å². The summed E-state index contributed by atoms with van der Waals surface area (Å²) in [6.07, 6.45) is 9.51. The number of hydrogen-bond acceptors (Lipinski definition) is 3. The maximum atomic E-state index is 4.78. The lowest BCUT2D eigenvalue weighted by atomic mass is 10.1. The minimum absolute atomic E-state index is 1.02. The van der Waals surface area contributed by atoms with E-state index in [1.807, 2.05) is 0 Å². The molecule has 0 radical (unpaired) electrons. The molecule has 1 saturated heterocycles. The zero-order valence-corrected chi connectivity index (χ0v) is 15.6. The van der Waals surface area contributed by atoms with Crippen molar-refractivity contribution in [1.29, 1.82) is 0 Å². The minimum atomic E-state index is 1.02. The molecular weight excluding hydrogens is 320 g/mol. The first-order valence-corrected chi connectivity index (χ1v) is 9.80. The molecule has 0 bridgehead atoms. The van der Waals surface area contributed by atoms with Gasteiger partial charge in [-0.3, -0.25) is 0 Å². The van der Waals surface area contributed by atoms with Gasteiger partial charge in [0, 0.05) is 30.2 Å². The Morgan fingerprint density at radius 1 is 1.04 bits per heavy atom. The maximum Gasteiger partial charge on any atom is 0.140 e. The van der Waals surface area contributed by atoms with Gasteiger partial charge < -0.3 is 14.6 Å². The summed E-state index contributed by atoms with van der Waals surface area (Å²) in [5, 5.41) is 3.55. The number of pyridine rings is 1. The second kappa shape index (κ2) is 7.92. The van der Waals surface area contributed by atoms with Crippen molar-refractivity contribution in [3.63, 3.8) is 0 Å². The molecule has 0 aliphatic carbocycles. The lowest BCUT2D eigenvalue weighted by molar-refractivity contribution is 0.228. The topological polar surface area (TPSA) is 32.6 Å². The number of hydrogen-bond donors (Lipinski definition) is 1. The Balaban J connectivity index is 1.33. The number of aromatic nitrogens is 2. The molecule has 4 heteroatoms. The highest BCUT2D eigenvalue weighted by atomic mass is 15.1. The van der Waals surface area contributed by atoms with Gasteiger partial charge in [-0.05, 0) is 69.6 Å². The lowest BCUT2D eigenvalue weighted by Gasteiger charge is -2.26. The lowest BCUT2D eigenvalue weighted by Crippen LogP contribution is -2.31. The van der Waals surface area contributed by atoms with Crippen LogP contribution < -0.4 is 5.32 Å². The number of nitrogens with zero attached hydrogens (tertiary/aromatic N) is 3. The van der Waals surface area contributed by atoms with E-state index in [9.17, 15) is 0 Å². The van der Waals surface area contributed by atoms with E-state index >= 15 is 0 Å². The Hall–Kier alpha value is -2.33. The molecule has 1 fully saturated rings. The Labute approximate surface area is 155 Å². The molecule has 1 aliphatic rings. The first kappa shape index (κ1) is 17.1. The standard InChI is InChI=1S/C22H28N4/c1-18-7-5-16-26-17-21(24-22(18)26)19-8-10-20(11-9-19)23-12-6-15-25-13-3-2-4-14-25/h5,7-11,16-17,23H,2-4,6,12-15H2,1H3. The first-order valence-electron chi connectivity index (χ1n) is 9.80. The maximum absolute atomic E-state index is 4.78. The zero-order chi connectivity index (χ0) is 17.8. The van der Waals surface area contributed by atoms with Crippen molar-refractivity contribution in [2.75, 3.05) is 31.5 Å². The van der Waals surface area contributed by atoms with Crippen LogP contribution in [0.25, 0.3) is 16.9 Å². The van der Waals surface area contributed by atoms with E-state index in [1.54, 1.807) is 0 Å². The summed E-state index contributed by atoms with van der Waals surface area (Å²) in [6, 6.07) is 12.8. The van der Waals surface area contributed by atoms with Crippen LogP contribution in [0.1, 0.15) is 31.2 Å². The summed E-state index contributed by atoms with van der Waals surface area (Å²) in [7, 11) is 0. The molecule has 0 atom stereocenters. The fraction of sp³-hybridized carbons (Fsp3) is 0.409. The molecule has 1 N–H and O–H groups in total. The highest BCUT2D eigenvalue weighted by molar-refractivity contribution is 5.66. The summed E-state index contributed by atoms with van der Waals surface area (Å²) in [4.78, 5) is 7.37. The van der Waals surface area contributed by atoms with Crippen LogP contribution in [0.4, 0.5) is 5.69 Å². The fourth-order valence-corrected chi connectivity index (χ4v) is 3.77. The Morgan fingerprint density at radius 2 is 1.85 bits per heavy atom. The largest absolute Gasteiger partial charge is 0.385 e. The van der Waals surface area contributed by atoms with Crippen molar-refractivity contribution >= 4 is 11.3 Å². The van der Waals surface area contributed by atoms with Gasteiger partial charge in [-0.15, -0.1) is 0 Å². The fourth-order valence-electron chi connectivity index (χ4n) is 3.77. The third-order valence-electron chi connectivity index (χ3n) is 5.29. The van der Waals surface area contributed by atoms with Crippen molar-refractivity contribution in [1.82, 2.24) is 14.3 Å². The van der Waals surface area contributed by atoms with E-state index in [0.717, 1.165) is 23.4 Å². The monoisotopic (exact) mass is 348 g/mol. The molecule has 2 aromatic heterocycles. The molecule has 1 aromatic carbocycles. The van der Waals surface area contributed by atoms with Gasteiger partial charge in [0.1, 0.15) is 5.65 Å². The normalized spacial score (nSPS) is 15.4. The van der Waals surface area contributed by atoms with Crippen molar-refractivity contribution in [2.45, 2.75) is 32.6 Å². The number of imidazole rings is 1. The smallest absolute Gasteiger partial charge is 0.140 e. The molecule has 0 unspecified atom stereocenters. The highest BCUT2D eigenvalue weighted by Gasteiger charge is 2.09. The predicted octanol–water partition coefficient (Wildman–Crippen LogP) is 4.60. The third-order valence-corrected chi connectivity index (χ3v) is 5.29. The summed E-state index contributed by atoms with van der Waals surface area (Å²) in [5.41, 5.74) is 5.60. The van der Waals surface area contributed by atoms with Crippen molar-refractivity contribution < 1.29 is 0 Å². The van der Waals surface area contributed by atoms with Gasteiger partial charge in [0.2, 0.25) is 0 Å². The predicted molar refractivity (Wildman–Crippen MR) is 109 cm³/mol. The van der Waals surface area contributed by atoms with Gasteiger partial charge >= 0.3 is 0 Å². The number of fused-ring (bicyclic) bond motifs is 1. The molecule has 1 aliphatic heterocycles. The van der Waals surface area contributed by atoms with E-state index in [4.69, 9.17) is 4.98 Å². The van der Waals surface area contributed by atoms with Crippen LogP contribution in [0.3, 0.4) is 0 Å². The van der Waals surface area contributed by atoms with Crippen LogP contribution in [0.2, 0.25) is 0 Å². The Morgan fingerprint density at radius 3 is 2.62 bits per heavy atom. The van der Waals surface area contributed by atoms with Gasteiger partial charge in [0.05, 0.1) is 5.69 Å². The molecule has 4 nitrogen and oxygen atoms in total. The Bertz CT molecular complexity index is 844. The minimum Gasteiger partial charge on any atom is -0.385 e. The van der Waals surface area contributed by atoms with Gasteiger partial charge in [0.15, 0.2) is 0 Å². The summed E-state index contributed by atoms with van der Waals surface area (Å²) >= 11 is 0. The molecule has 3 aromatic rings. The quantitative estimate of drug-likeness (QED) is 0.661. The van der Waals surface area contributed by atoms with Crippen LogP contribution in [-0.4, -0.2) is 40.5 Å². The molecule has 0 saturated carbocycles. The third kappa shape index (κ3) is 3.91. The second-order valence-corrected chi connectivity index (χ2v) is 7.31. The van der Waals surface area contributed by atoms with E-state index in [-0.39, 0.29) is 0 Å². The van der Waals surface area contributed by atoms with E-state index in [2.05, 4.69) is 70.3 Å². The molecule has 136 valence electrons. The zero-order valence-electron chi connectivity index (χ0n) is 15.6. The van der Waals surface area contributed by atoms with Crippen molar-refractivity contribution in [2.24, 2.45) is 0 Å². The van der Waals surface area contributed by atoms with Gasteiger partial charge in [-0.25, -0.2) is 4.98 Å². The van der Waals surface area contributed by atoms with E-state index in [1.165, 1.54) is 56.6 Å². The van der Waals surface area contributed by atoms with Gasteiger partial charge in [0.25, 0.3) is 0 Å².